The van der Waals surface area contributed by atoms with Crippen LogP contribution in [0.15, 0.2) is 42.0 Å². The van der Waals surface area contributed by atoms with E-state index >= 15 is 0 Å². The molecule has 0 radical (unpaired) electrons. The summed E-state index contributed by atoms with van der Waals surface area (Å²) in [6.07, 6.45) is 11.8. The number of hydrogen-bond acceptors (Lipinski definition) is 6. The second-order valence-electron chi connectivity index (χ2n) is 4.70. The van der Waals surface area contributed by atoms with Gasteiger partial charge in [0, 0.05) is 24.8 Å². The average Bonchev–Trinajstić information content (AvgIpc) is 3.23. The van der Waals surface area contributed by atoms with Gasteiger partial charge in [-0.25, -0.2) is 0 Å². The molecule has 0 saturated carbocycles. The molecule has 3 heterocycles. The van der Waals surface area contributed by atoms with Crippen molar-refractivity contribution < 1.29 is 17.3 Å². The van der Waals surface area contributed by atoms with E-state index in [0.29, 0.717) is 6.42 Å². The molecule has 0 amide bonds. The van der Waals surface area contributed by atoms with Crippen LogP contribution >= 0.6 is 0 Å². The zero-order valence-electron chi connectivity index (χ0n) is 11.8. The molecule has 2 aromatic rings. The van der Waals surface area contributed by atoms with Gasteiger partial charge in [0.1, 0.15) is 0 Å². The average molecular weight is 323 g/mol. The van der Waals surface area contributed by atoms with E-state index in [0.717, 1.165) is 6.26 Å². The normalized spacial score (nSPS) is 15.2. The molecule has 0 bridgehead atoms. The van der Waals surface area contributed by atoms with Gasteiger partial charge in [0.2, 0.25) is 0 Å². The minimum Gasteiger partial charge on any atom is -0.258 e. The molecule has 0 N–H and O–H groups in total. The lowest BCUT2D eigenvalue weighted by molar-refractivity contribution is -0.652. The first-order valence-corrected chi connectivity index (χ1v) is 8.34. The highest BCUT2D eigenvalue weighted by Crippen LogP contribution is 2.22. The van der Waals surface area contributed by atoms with Crippen molar-refractivity contribution in [1.82, 2.24) is 19.6 Å². The SMILES string of the molecule is CS(=O)(=O)OCC(n1cccn1)(n1cccn1)[N+]1=CCC=N1. The van der Waals surface area contributed by atoms with Crippen LogP contribution in [0, 0.1) is 0 Å². The van der Waals surface area contributed by atoms with Gasteiger partial charge in [-0.15, -0.1) is 0 Å². The molecular formula is C12H15N6O3S+. The summed E-state index contributed by atoms with van der Waals surface area (Å²) in [5, 5.41) is 12.7. The van der Waals surface area contributed by atoms with Crippen LogP contribution in [0.1, 0.15) is 6.42 Å². The van der Waals surface area contributed by atoms with Gasteiger partial charge in [-0.05, 0) is 21.9 Å². The van der Waals surface area contributed by atoms with Crippen molar-refractivity contribution >= 4 is 22.5 Å². The monoisotopic (exact) mass is 323 g/mol. The lowest BCUT2D eigenvalue weighted by Crippen LogP contribution is -2.53. The summed E-state index contributed by atoms with van der Waals surface area (Å²) >= 11 is 0. The number of aromatic nitrogens is 4. The molecule has 22 heavy (non-hydrogen) atoms. The standard InChI is InChI=1S/C12H15N6O3S/c1-22(19,20)21-11-12(16-8-2-5-13-16,17-9-3-6-14-17)18-10-4-7-15-18/h2-3,5-10H,4,11H2,1H3/q+1. The van der Waals surface area contributed by atoms with Crippen molar-refractivity contribution in [1.29, 1.82) is 0 Å². The van der Waals surface area contributed by atoms with Crippen LogP contribution in [0.5, 0.6) is 0 Å². The first-order chi connectivity index (χ1) is 10.5. The number of hydrazone groups is 1. The Morgan fingerprint density at radius 2 is 1.86 bits per heavy atom. The molecule has 0 unspecified atom stereocenters. The van der Waals surface area contributed by atoms with E-state index in [1.54, 1.807) is 57.2 Å². The van der Waals surface area contributed by atoms with E-state index in [1.165, 1.54) is 0 Å². The van der Waals surface area contributed by atoms with Gasteiger partial charge in [0.25, 0.3) is 10.1 Å². The highest BCUT2D eigenvalue weighted by Gasteiger charge is 2.50. The Kier molecular flexibility index (Phi) is 3.62. The first kappa shape index (κ1) is 14.6. The lowest BCUT2D eigenvalue weighted by atomic mass is 10.3. The molecule has 116 valence electrons. The maximum absolute atomic E-state index is 11.5. The summed E-state index contributed by atoms with van der Waals surface area (Å²) in [6, 6.07) is 3.47. The van der Waals surface area contributed by atoms with Crippen LogP contribution in [-0.4, -0.2) is 58.0 Å². The third-order valence-corrected chi connectivity index (χ3v) is 3.71. The Morgan fingerprint density at radius 3 is 2.27 bits per heavy atom. The first-order valence-electron chi connectivity index (χ1n) is 6.52. The minimum atomic E-state index is -3.64. The summed E-state index contributed by atoms with van der Waals surface area (Å²) in [6.45, 7) is -0.233. The van der Waals surface area contributed by atoms with Crippen molar-refractivity contribution in [3.05, 3.63) is 36.9 Å². The van der Waals surface area contributed by atoms with Crippen LogP contribution in [-0.2, 0) is 20.1 Å². The molecule has 9 nitrogen and oxygen atoms in total. The molecule has 0 saturated heterocycles. The Labute approximate surface area is 127 Å². The molecular weight excluding hydrogens is 308 g/mol. The third kappa shape index (κ3) is 2.57. The van der Waals surface area contributed by atoms with E-state index in [9.17, 15) is 8.42 Å². The molecule has 3 rings (SSSR count). The Balaban J connectivity index is 2.16. The van der Waals surface area contributed by atoms with E-state index in [-0.39, 0.29) is 6.61 Å². The summed E-state index contributed by atoms with van der Waals surface area (Å²) in [5.41, 5.74) is 0. The zero-order valence-corrected chi connectivity index (χ0v) is 12.7. The fraction of sp³-hybridized carbons (Fsp3) is 0.333. The lowest BCUT2D eigenvalue weighted by Gasteiger charge is -2.26. The van der Waals surface area contributed by atoms with Gasteiger partial charge >= 0.3 is 5.79 Å². The molecule has 0 spiro atoms. The van der Waals surface area contributed by atoms with Crippen LogP contribution < -0.4 is 0 Å². The molecule has 0 aromatic carbocycles. The molecule has 10 heteroatoms. The van der Waals surface area contributed by atoms with E-state index in [2.05, 4.69) is 15.3 Å². The molecule has 0 aliphatic carbocycles. The van der Waals surface area contributed by atoms with Gasteiger partial charge in [-0.3, -0.25) is 4.18 Å². The van der Waals surface area contributed by atoms with Crippen molar-refractivity contribution in [3.8, 4) is 0 Å². The van der Waals surface area contributed by atoms with Gasteiger partial charge in [-0.2, -0.15) is 28.0 Å². The number of rotatable bonds is 6. The van der Waals surface area contributed by atoms with Crippen LogP contribution in [0.4, 0.5) is 0 Å². The third-order valence-electron chi connectivity index (χ3n) is 3.17. The maximum atomic E-state index is 11.5. The molecule has 0 fully saturated rings. The van der Waals surface area contributed by atoms with Crippen molar-refractivity contribution in [2.75, 3.05) is 12.9 Å². The number of nitrogens with zero attached hydrogens (tertiary/aromatic N) is 6. The fourth-order valence-corrected chi connectivity index (χ4v) is 2.60. The Morgan fingerprint density at radius 1 is 1.23 bits per heavy atom. The van der Waals surface area contributed by atoms with Gasteiger partial charge in [0.15, 0.2) is 12.8 Å². The van der Waals surface area contributed by atoms with Crippen molar-refractivity contribution in [3.63, 3.8) is 0 Å². The second kappa shape index (κ2) is 5.46. The number of hydrogen-bond donors (Lipinski definition) is 0. The smallest absolute Gasteiger partial charge is 0.258 e. The van der Waals surface area contributed by atoms with Crippen LogP contribution in [0.25, 0.3) is 0 Å². The second-order valence-corrected chi connectivity index (χ2v) is 6.35. The minimum absolute atomic E-state index is 0.233. The topological polar surface area (TPSA) is 94.4 Å². The highest BCUT2D eigenvalue weighted by atomic mass is 32.2. The Bertz CT molecular complexity index is 758. The molecule has 2 aromatic heterocycles. The van der Waals surface area contributed by atoms with Crippen LogP contribution in [0.2, 0.25) is 0 Å². The quantitative estimate of drug-likeness (QED) is 0.537. The Hall–Kier alpha value is -2.33. The maximum Gasteiger partial charge on any atom is 0.411 e. The van der Waals surface area contributed by atoms with Crippen LogP contribution in [0.3, 0.4) is 0 Å². The van der Waals surface area contributed by atoms with Crippen molar-refractivity contribution in [2.24, 2.45) is 5.10 Å². The zero-order chi connectivity index (χ0) is 15.6. The summed E-state index contributed by atoms with van der Waals surface area (Å²) in [5.74, 6) is -1.18. The predicted octanol–water partition coefficient (Wildman–Crippen LogP) is -0.313. The molecule has 1 aliphatic heterocycles. The van der Waals surface area contributed by atoms with E-state index in [4.69, 9.17) is 4.18 Å². The largest absolute Gasteiger partial charge is 0.411 e. The van der Waals surface area contributed by atoms with Gasteiger partial charge in [-0.1, -0.05) is 0 Å². The fourth-order valence-electron chi connectivity index (χ4n) is 2.23. The van der Waals surface area contributed by atoms with Gasteiger partial charge in [0.05, 0.1) is 18.9 Å². The summed E-state index contributed by atoms with van der Waals surface area (Å²) in [7, 11) is -3.64. The van der Waals surface area contributed by atoms with E-state index in [1.807, 2.05) is 6.21 Å². The van der Waals surface area contributed by atoms with Crippen molar-refractivity contribution in [2.45, 2.75) is 12.2 Å². The molecule has 1 aliphatic rings. The van der Waals surface area contributed by atoms with E-state index < -0.39 is 15.9 Å². The summed E-state index contributed by atoms with van der Waals surface area (Å²) < 4.78 is 32.8. The summed E-state index contributed by atoms with van der Waals surface area (Å²) in [4.78, 5) is 0. The van der Waals surface area contributed by atoms with Gasteiger partial charge < -0.3 is 0 Å². The predicted molar refractivity (Wildman–Crippen MR) is 78.1 cm³/mol. The highest BCUT2D eigenvalue weighted by molar-refractivity contribution is 7.85. The molecule has 0 atom stereocenters.